The Hall–Kier alpha value is -2.05. The fourth-order valence-corrected chi connectivity index (χ4v) is 4.89. The van der Waals surface area contributed by atoms with Crippen LogP contribution in [0.3, 0.4) is 0 Å². The maximum atomic E-state index is 12.8. The molecule has 1 amide bonds. The van der Waals surface area contributed by atoms with Crippen LogP contribution >= 0.6 is 23.1 Å². The van der Waals surface area contributed by atoms with Gasteiger partial charge in [0.15, 0.2) is 11.5 Å². The Balaban J connectivity index is 1.44. The average molecular weight is 370 g/mol. The summed E-state index contributed by atoms with van der Waals surface area (Å²) >= 11 is 3.50. The van der Waals surface area contributed by atoms with Crippen molar-refractivity contribution in [2.75, 3.05) is 18.8 Å². The van der Waals surface area contributed by atoms with Crippen LogP contribution in [0.4, 0.5) is 0 Å². The first kappa shape index (κ1) is 16.4. The molecule has 1 aliphatic heterocycles. The Morgan fingerprint density at radius 1 is 1.16 bits per heavy atom. The monoisotopic (exact) mass is 370 g/mol. The quantitative estimate of drug-likeness (QED) is 0.669. The highest BCUT2D eigenvalue weighted by Gasteiger charge is 2.25. The molecule has 4 nitrogen and oxygen atoms in total. The van der Waals surface area contributed by atoms with Gasteiger partial charge in [0.2, 0.25) is 0 Å². The van der Waals surface area contributed by atoms with Gasteiger partial charge < -0.3 is 9.42 Å². The number of benzene rings is 1. The molecular formula is C19H18N2O2S2. The minimum Gasteiger partial charge on any atom is -0.355 e. The number of aromatic nitrogens is 1. The molecule has 0 bridgehead atoms. The first-order chi connectivity index (χ1) is 12.3. The van der Waals surface area contributed by atoms with E-state index in [1.54, 1.807) is 17.4 Å². The van der Waals surface area contributed by atoms with Crippen LogP contribution in [0.1, 0.15) is 27.7 Å². The number of hydrogen-bond donors (Lipinski definition) is 0. The van der Waals surface area contributed by atoms with E-state index >= 15 is 0 Å². The highest BCUT2D eigenvalue weighted by Crippen LogP contribution is 2.34. The predicted molar refractivity (Wildman–Crippen MR) is 102 cm³/mol. The van der Waals surface area contributed by atoms with E-state index in [2.05, 4.69) is 29.4 Å². The molecule has 2 aromatic heterocycles. The Labute approximate surface area is 154 Å². The van der Waals surface area contributed by atoms with Gasteiger partial charge in [0.05, 0.1) is 4.88 Å². The maximum Gasteiger partial charge on any atom is 0.276 e. The summed E-state index contributed by atoms with van der Waals surface area (Å²) in [5.74, 6) is 1.55. The SMILES string of the molecule is O=C(c1cc(-c2cccs2)on1)N1CCS[C@@H](c2ccccc2)CC1. The Kier molecular flexibility index (Phi) is 4.90. The number of rotatable bonds is 3. The number of nitrogens with zero attached hydrogens (tertiary/aromatic N) is 2. The molecule has 3 aromatic rings. The molecule has 0 unspecified atom stereocenters. The van der Waals surface area contributed by atoms with Crippen LogP contribution in [0.25, 0.3) is 10.6 Å². The molecule has 6 heteroatoms. The lowest BCUT2D eigenvalue weighted by Gasteiger charge is -2.18. The lowest BCUT2D eigenvalue weighted by atomic mass is 10.1. The molecule has 0 radical (unpaired) electrons. The van der Waals surface area contributed by atoms with Gasteiger partial charge in [0.25, 0.3) is 5.91 Å². The molecule has 1 fully saturated rings. The molecule has 4 rings (SSSR count). The normalized spacial score (nSPS) is 18.1. The van der Waals surface area contributed by atoms with Crippen LogP contribution in [0.2, 0.25) is 0 Å². The van der Waals surface area contributed by atoms with E-state index in [0.29, 0.717) is 16.7 Å². The largest absolute Gasteiger partial charge is 0.355 e. The number of carbonyl (C=O) groups excluding carboxylic acids is 1. The van der Waals surface area contributed by atoms with E-state index in [9.17, 15) is 4.79 Å². The van der Waals surface area contributed by atoms with Crippen molar-refractivity contribution in [2.24, 2.45) is 0 Å². The average Bonchev–Trinajstić information content (AvgIpc) is 3.29. The first-order valence-electron chi connectivity index (χ1n) is 8.27. The van der Waals surface area contributed by atoms with Gasteiger partial charge in [0, 0.05) is 30.2 Å². The third-order valence-corrected chi connectivity index (χ3v) is 6.51. The third-order valence-electron chi connectivity index (χ3n) is 4.29. The molecule has 0 spiro atoms. The zero-order valence-electron chi connectivity index (χ0n) is 13.6. The fourth-order valence-electron chi connectivity index (χ4n) is 2.98. The van der Waals surface area contributed by atoms with E-state index in [0.717, 1.165) is 30.1 Å². The van der Waals surface area contributed by atoms with Gasteiger partial charge >= 0.3 is 0 Å². The van der Waals surface area contributed by atoms with Crippen molar-refractivity contribution in [2.45, 2.75) is 11.7 Å². The number of carbonyl (C=O) groups is 1. The fraction of sp³-hybridized carbons (Fsp3) is 0.263. The molecule has 0 aliphatic carbocycles. The Morgan fingerprint density at radius 2 is 2.04 bits per heavy atom. The van der Waals surface area contributed by atoms with Crippen LogP contribution < -0.4 is 0 Å². The highest BCUT2D eigenvalue weighted by molar-refractivity contribution is 7.99. The zero-order valence-corrected chi connectivity index (χ0v) is 15.3. The van der Waals surface area contributed by atoms with E-state index < -0.39 is 0 Å². The molecule has 0 N–H and O–H groups in total. The van der Waals surface area contributed by atoms with Crippen LogP contribution in [0.15, 0.2) is 58.4 Å². The molecule has 128 valence electrons. The molecule has 25 heavy (non-hydrogen) atoms. The first-order valence-corrected chi connectivity index (χ1v) is 10.2. The van der Waals surface area contributed by atoms with Gasteiger partial charge in [0.1, 0.15) is 0 Å². The van der Waals surface area contributed by atoms with Crippen LogP contribution in [0, 0.1) is 0 Å². The Morgan fingerprint density at radius 3 is 2.84 bits per heavy atom. The summed E-state index contributed by atoms with van der Waals surface area (Å²) in [5, 5.41) is 6.41. The molecule has 0 saturated carbocycles. The topological polar surface area (TPSA) is 46.3 Å². The lowest BCUT2D eigenvalue weighted by molar-refractivity contribution is 0.0756. The van der Waals surface area contributed by atoms with Crippen molar-refractivity contribution < 1.29 is 9.32 Å². The second-order valence-electron chi connectivity index (χ2n) is 5.90. The van der Waals surface area contributed by atoms with Crippen molar-refractivity contribution in [3.63, 3.8) is 0 Å². The second kappa shape index (κ2) is 7.45. The summed E-state index contributed by atoms with van der Waals surface area (Å²) in [6.45, 7) is 1.49. The molecule has 3 heterocycles. The predicted octanol–water partition coefficient (Wildman–Crippen LogP) is 4.72. The molecule has 1 saturated heterocycles. The van der Waals surface area contributed by atoms with Gasteiger partial charge in [-0.2, -0.15) is 11.8 Å². The zero-order chi connectivity index (χ0) is 17.1. The van der Waals surface area contributed by atoms with E-state index in [-0.39, 0.29) is 5.91 Å². The third kappa shape index (κ3) is 3.65. The van der Waals surface area contributed by atoms with Gasteiger partial charge in [-0.25, -0.2) is 0 Å². The number of amides is 1. The summed E-state index contributed by atoms with van der Waals surface area (Å²) in [4.78, 5) is 15.7. The van der Waals surface area contributed by atoms with Gasteiger partial charge in [-0.3, -0.25) is 4.79 Å². The molecule has 1 atom stereocenters. The van der Waals surface area contributed by atoms with Gasteiger partial charge in [-0.1, -0.05) is 41.6 Å². The van der Waals surface area contributed by atoms with E-state index in [1.807, 2.05) is 40.2 Å². The Bertz CT molecular complexity index is 830. The smallest absolute Gasteiger partial charge is 0.276 e. The van der Waals surface area contributed by atoms with E-state index in [4.69, 9.17) is 4.52 Å². The number of thioether (sulfide) groups is 1. The highest BCUT2D eigenvalue weighted by atomic mass is 32.2. The minimum atomic E-state index is -0.0409. The van der Waals surface area contributed by atoms with Crippen molar-refractivity contribution in [1.82, 2.24) is 10.1 Å². The molecule has 1 aliphatic rings. The standard InChI is InChI=1S/C19H18N2O2S2/c22-19(15-13-16(23-20-15)18-7-4-11-24-18)21-9-8-17(25-12-10-21)14-5-2-1-3-6-14/h1-7,11,13,17H,8-10,12H2/t17-/m1/s1. The number of thiophene rings is 1. The van der Waals surface area contributed by atoms with Crippen LogP contribution in [-0.4, -0.2) is 34.8 Å². The molecule has 1 aromatic carbocycles. The minimum absolute atomic E-state index is 0.0409. The van der Waals surface area contributed by atoms with Crippen molar-refractivity contribution >= 4 is 29.0 Å². The van der Waals surface area contributed by atoms with Gasteiger partial charge in [-0.15, -0.1) is 11.3 Å². The van der Waals surface area contributed by atoms with Crippen molar-refractivity contribution in [1.29, 1.82) is 0 Å². The molecular weight excluding hydrogens is 352 g/mol. The van der Waals surface area contributed by atoms with Crippen molar-refractivity contribution in [3.8, 4) is 10.6 Å². The van der Waals surface area contributed by atoms with Crippen molar-refractivity contribution in [3.05, 3.63) is 65.2 Å². The maximum absolute atomic E-state index is 12.8. The summed E-state index contributed by atoms with van der Waals surface area (Å²) in [6.07, 6.45) is 0.954. The summed E-state index contributed by atoms with van der Waals surface area (Å²) < 4.78 is 5.35. The lowest BCUT2D eigenvalue weighted by Crippen LogP contribution is -2.33. The second-order valence-corrected chi connectivity index (χ2v) is 8.16. The summed E-state index contributed by atoms with van der Waals surface area (Å²) in [5.41, 5.74) is 1.73. The van der Waals surface area contributed by atoms with E-state index in [1.165, 1.54) is 5.56 Å². The van der Waals surface area contributed by atoms with Crippen LogP contribution in [-0.2, 0) is 0 Å². The van der Waals surface area contributed by atoms with Crippen LogP contribution in [0.5, 0.6) is 0 Å². The number of hydrogen-bond acceptors (Lipinski definition) is 5. The summed E-state index contributed by atoms with van der Waals surface area (Å²) in [7, 11) is 0. The van der Waals surface area contributed by atoms with Gasteiger partial charge in [-0.05, 0) is 23.4 Å². The summed E-state index contributed by atoms with van der Waals surface area (Å²) in [6, 6.07) is 16.2.